The molecule has 0 amide bonds. The number of halogens is 1. The molecule has 0 radical (unpaired) electrons. The standard InChI is InChI=1S/C14H17BrO2/c1-3-13(17-14(16)11(2)15)10-9-12-7-5-4-6-8-12/h3-8,11,13H,1,9-10H2,2H3. The molecule has 0 aliphatic heterocycles. The first-order chi connectivity index (χ1) is 8.13. The minimum Gasteiger partial charge on any atom is -0.457 e. The van der Waals surface area contributed by atoms with Crippen LogP contribution in [0.25, 0.3) is 0 Å². The normalized spacial score (nSPS) is 13.8. The highest BCUT2D eigenvalue weighted by atomic mass is 79.9. The quantitative estimate of drug-likeness (QED) is 0.456. The molecule has 0 saturated carbocycles. The van der Waals surface area contributed by atoms with E-state index in [2.05, 4.69) is 34.6 Å². The van der Waals surface area contributed by atoms with Crippen molar-refractivity contribution in [2.45, 2.75) is 30.7 Å². The van der Waals surface area contributed by atoms with Gasteiger partial charge in [-0.15, -0.1) is 0 Å². The molecule has 0 bridgehead atoms. The van der Waals surface area contributed by atoms with Gasteiger partial charge >= 0.3 is 5.97 Å². The lowest BCUT2D eigenvalue weighted by atomic mass is 10.1. The second-order valence-electron chi connectivity index (χ2n) is 3.85. The van der Waals surface area contributed by atoms with Crippen molar-refractivity contribution in [1.29, 1.82) is 0 Å². The van der Waals surface area contributed by atoms with Gasteiger partial charge in [-0.25, -0.2) is 0 Å². The Balaban J connectivity index is 2.43. The van der Waals surface area contributed by atoms with E-state index in [0.717, 1.165) is 12.8 Å². The average Bonchev–Trinajstić information content (AvgIpc) is 2.35. The maximum Gasteiger partial charge on any atom is 0.320 e. The smallest absolute Gasteiger partial charge is 0.320 e. The van der Waals surface area contributed by atoms with Gasteiger partial charge in [-0.1, -0.05) is 58.9 Å². The molecule has 0 aliphatic rings. The third-order valence-electron chi connectivity index (χ3n) is 2.42. The molecule has 2 nitrogen and oxygen atoms in total. The van der Waals surface area contributed by atoms with Gasteiger partial charge in [0.25, 0.3) is 0 Å². The van der Waals surface area contributed by atoms with E-state index < -0.39 is 0 Å². The summed E-state index contributed by atoms with van der Waals surface area (Å²) in [6, 6.07) is 10.1. The number of rotatable bonds is 6. The predicted molar refractivity (Wildman–Crippen MR) is 73.2 cm³/mol. The molecule has 1 aromatic carbocycles. The van der Waals surface area contributed by atoms with Crippen LogP contribution in [0.15, 0.2) is 43.0 Å². The summed E-state index contributed by atoms with van der Waals surface area (Å²) in [7, 11) is 0. The summed E-state index contributed by atoms with van der Waals surface area (Å²) in [6.07, 6.45) is 3.10. The van der Waals surface area contributed by atoms with Crippen LogP contribution in [0.1, 0.15) is 18.9 Å². The van der Waals surface area contributed by atoms with Crippen molar-refractivity contribution < 1.29 is 9.53 Å². The molecule has 3 heteroatoms. The van der Waals surface area contributed by atoms with Gasteiger partial charge < -0.3 is 4.74 Å². The molecule has 2 atom stereocenters. The Bertz CT molecular complexity index is 360. The lowest BCUT2D eigenvalue weighted by Gasteiger charge is -2.15. The van der Waals surface area contributed by atoms with Crippen molar-refractivity contribution in [3.05, 3.63) is 48.6 Å². The topological polar surface area (TPSA) is 26.3 Å². The number of alkyl halides is 1. The number of esters is 1. The fraction of sp³-hybridized carbons (Fsp3) is 0.357. The fourth-order valence-corrected chi connectivity index (χ4v) is 1.53. The van der Waals surface area contributed by atoms with Crippen molar-refractivity contribution >= 4 is 21.9 Å². The van der Waals surface area contributed by atoms with E-state index in [4.69, 9.17) is 4.74 Å². The van der Waals surface area contributed by atoms with Gasteiger partial charge in [0.05, 0.1) is 0 Å². The number of hydrogen-bond donors (Lipinski definition) is 0. The lowest BCUT2D eigenvalue weighted by molar-refractivity contribution is -0.145. The summed E-state index contributed by atoms with van der Waals surface area (Å²) < 4.78 is 5.28. The fourth-order valence-electron chi connectivity index (χ4n) is 1.42. The third kappa shape index (κ3) is 5.18. The van der Waals surface area contributed by atoms with Crippen LogP contribution in [0.4, 0.5) is 0 Å². The molecule has 0 heterocycles. The molecule has 0 N–H and O–H groups in total. The summed E-state index contributed by atoms with van der Waals surface area (Å²) in [4.78, 5) is 11.1. The zero-order valence-electron chi connectivity index (χ0n) is 9.93. The van der Waals surface area contributed by atoms with Crippen molar-refractivity contribution in [2.75, 3.05) is 0 Å². The molecule has 0 aromatic heterocycles. The van der Waals surface area contributed by atoms with Crippen LogP contribution in [0.3, 0.4) is 0 Å². The predicted octanol–water partition coefficient (Wildman–Crippen LogP) is 3.50. The minimum absolute atomic E-state index is 0.220. The molecular formula is C14H17BrO2. The highest BCUT2D eigenvalue weighted by Gasteiger charge is 2.15. The number of ether oxygens (including phenoxy) is 1. The number of benzene rings is 1. The first kappa shape index (κ1) is 14.0. The molecule has 92 valence electrons. The van der Waals surface area contributed by atoms with Crippen LogP contribution < -0.4 is 0 Å². The SMILES string of the molecule is C=CC(CCc1ccccc1)OC(=O)C(C)Br. The van der Waals surface area contributed by atoms with E-state index in [-0.39, 0.29) is 16.9 Å². The number of aryl methyl sites for hydroxylation is 1. The summed E-state index contributed by atoms with van der Waals surface area (Å²) in [5.74, 6) is -0.247. The molecule has 0 spiro atoms. The van der Waals surface area contributed by atoms with Crippen LogP contribution in [-0.2, 0) is 16.0 Å². The Morgan fingerprint density at radius 1 is 1.47 bits per heavy atom. The Morgan fingerprint density at radius 2 is 2.12 bits per heavy atom. The third-order valence-corrected chi connectivity index (χ3v) is 2.79. The summed E-state index contributed by atoms with van der Waals surface area (Å²) in [5.41, 5.74) is 1.24. The van der Waals surface area contributed by atoms with Gasteiger partial charge in [-0.05, 0) is 25.3 Å². The van der Waals surface area contributed by atoms with E-state index in [0.29, 0.717) is 0 Å². The van der Waals surface area contributed by atoms with Gasteiger partial charge in [0.15, 0.2) is 0 Å². The first-order valence-corrected chi connectivity index (χ1v) is 6.56. The molecule has 0 fully saturated rings. The van der Waals surface area contributed by atoms with Gasteiger partial charge in [0.1, 0.15) is 10.9 Å². The molecule has 0 aliphatic carbocycles. The van der Waals surface area contributed by atoms with Crippen LogP contribution >= 0.6 is 15.9 Å². The molecule has 0 saturated heterocycles. The van der Waals surface area contributed by atoms with E-state index in [1.54, 1.807) is 13.0 Å². The van der Waals surface area contributed by atoms with Crippen molar-refractivity contribution in [1.82, 2.24) is 0 Å². The van der Waals surface area contributed by atoms with Gasteiger partial charge in [0, 0.05) is 0 Å². The molecule has 17 heavy (non-hydrogen) atoms. The highest BCUT2D eigenvalue weighted by Crippen LogP contribution is 2.11. The molecule has 1 rings (SSSR count). The number of carbonyl (C=O) groups excluding carboxylic acids is 1. The van der Waals surface area contributed by atoms with Gasteiger partial charge in [-0.2, -0.15) is 0 Å². The molecular weight excluding hydrogens is 280 g/mol. The zero-order chi connectivity index (χ0) is 12.7. The van der Waals surface area contributed by atoms with E-state index in [1.165, 1.54) is 5.56 Å². The van der Waals surface area contributed by atoms with E-state index >= 15 is 0 Å². The lowest BCUT2D eigenvalue weighted by Crippen LogP contribution is -2.21. The number of hydrogen-bond acceptors (Lipinski definition) is 2. The maximum atomic E-state index is 11.4. The molecule has 2 unspecified atom stereocenters. The second kappa shape index (κ2) is 7.28. The van der Waals surface area contributed by atoms with E-state index in [9.17, 15) is 4.79 Å². The van der Waals surface area contributed by atoms with Crippen molar-refractivity contribution in [3.8, 4) is 0 Å². The second-order valence-corrected chi connectivity index (χ2v) is 5.22. The Morgan fingerprint density at radius 3 is 2.65 bits per heavy atom. The van der Waals surface area contributed by atoms with Crippen LogP contribution in [-0.4, -0.2) is 16.9 Å². The van der Waals surface area contributed by atoms with Crippen LogP contribution in [0.2, 0.25) is 0 Å². The van der Waals surface area contributed by atoms with Gasteiger partial charge in [0.2, 0.25) is 0 Å². The summed E-state index contributed by atoms with van der Waals surface area (Å²) >= 11 is 3.18. The number of carbonyl (C=O) groups is 1. The minimum atomic E-state index is -0.276. The largest absolute Gasteiger partial charge is 0.457 e. The monoisotopic (exact) mass is 296 g/mol. The summed E-state index contributed by atoms with van der Waals surface area (Å²) in [5, 5.41) is 0. The first-order valence-electron chi connectivity index (χ1n) is 5.64. The van der Waals surface area contributed by atoms with Crippen LogP contribution in [0.5, 0.6) is 0 Å². The zero-order valence-corrected chi connectivity index (χ0v) is 11.5. The maximum absolute atomic E-state index is 11.4. The Hall–Kier alpha value is -1.09. The van der Waals surface area contributed by atoms with Gasteiger partial charge in [-0.3, -0.25) is 4.79 Å². The summed E-state index contributed by atoms with van der Waals surface area (Å²) in [6.45, 7) is 5.44. The average molecular weight is 297 g/mol. The molecule has 1 aromatic rings. The van der Waals surface area contributed by atoms with Crippen molar-refractivity contribution in [2.24, 2.45) is 0 Å². The van der Waals surface area contributed by atoms with Crippen molar-refractivity contribution in [3.63, 3.8) is 0 Å². The highest BCUT2D eigenvalue weighted by molar-refractivity contribution is 9.10. The van der Waals surface area contributed by atoms with Crippen LogP contribution in [0, 0.1) is 0 Å². The Kier molecular flexibility index (Phi) is 5.98. The van der Waals surface area contributed by atoms with E-state index in [1.807, 2.05) is 18.2 Å². The Labute approximate surface area is 111 Å².